The van der Waals surface area contributed by atoms with E-state index in [4.69, 9.17) is 0 Å². The van der Waals surface area contributed by atoms with Crippen molar-refractivity contribution in [3.05, 3.63) is 44.8 Å². The Morgan fingerprint density at radius 2 is 2.32 bits per heavy atom. The highest BCUT2D eigenvalue weighted by Gasteiger charge is 2.03. The maximum absolute atomic E-state index is 11.7. The summed E-state index contributed by atoms with van der Waals surface area (Å²) in [4.78, 5) is 17.0. The van der Waals surface area contributed by atoms with Gasteiger partial charge in [-0.05, 0) is 25.1 Å². The number of carbonyl (C=O) groups excluding carboxylic acids is 1. The van der Waals surface area contributed by atoms with Crippen LogP contribution in [0.1, 0.15) is 9.88 Å². The van der Waals surface area contributed by atoms with Crippen molar-refractivity contribution in [1.29, 1.82) is 0 Å². The standard InChI is InChI=1S/C13H14BrN3OS/c1-9-16-7-12(19-9)6-15-8-13(18)17-11-4-2-3-10(14)5-11/h2-5,7,15H,6,8H2,1H3,(H,17,18). The van der Waals surface area contributed by atoms with Crippen LogP contribution < -0.4 is 10.6 Å². The largest absolute Gasteiger partial charge is 0.325 e. The number of hydrogen-bond acceptors (Lipinski definition) is 4. The average molecular weight is 340 g/mol. The highest BCUT2D eigenvalue weighted by Crippen LogP contribution is 2.15. The van der Waals surface area contributed by atoms with E-state index in [0.717, 1.165) is 20.0 Å². The lowest BCUT2D eigenvalue weighted by Crippen LogP contribution is -2.27. The minimum absolute atomic E-state index is 0.0562. The molecule has 0 aliphatic carbocycles. The Morgan fingerprint density at radius 3 is 3.00 bits per heavy atom. The minimum Gasteiger partial charge on any atom is -0.325 e. The first kappa shape index (κ1) is 14.2. The Labute approximate surface area is 124 Å². The number of rotatable bonds is 5. The zero-order valence-electron chi connectivity index (χ0n) is 10.4. The number of thiazole rings is 1. The van der Waals surface area contributed by atoms with Crippen LogP contribution in [0.2, 0.25) is 0 Å². The van der Waals surface area contributed by atoms with Crippen LogP contribution in [0.4, 0.5) is 5.69 Å². The fourth-order valence-corrected chi connectivity index (χ4v) is 2.72. The smallest absolute Gasteiger partial charge is 0.238 e. The van der Waals surface area contributed by atoms with Crippen LogP contribution in [0.15, 0.2) is 34.9 Å². The first-order valence-corrected chi connectivity index (χ1v) is 7.42. The molecule has 4 nitrogen and oxygen atoms in total. The van der Waals surface area contributed by atoms with Crippen LogP contribution in [-0.2, 0) is 11.3 Å². The third-order valence-corrected chi connectivity index (χ3v) is 3.77. The number of benzene rings is 1. The molecule has 0 saturated heterocycles. The van der Waals surface area contributed by atoms with Crippen LogP contribution in [0, 0.1) is 6.92 Å². The number of nitrogens with one attached hydrogen (secondary N) is 2. The number of aromatic nitrogens is 1. The van der Waals surface area contributed by atoms with Crippen molar-refractivity contribution in [2.45, 2.75) is 13.5 Å². The highest BCUT2D eigenvalue weighted by molar-refractivity contribution is 9.10. The predicted octanol–water partition coefficient (Wildman–Crippen LogP) is 2.94. The van der Waals surface area contributed by atoms with E-state index in [2.05, 4.69) is 31.5 Å². The molecule has 0 aliphatic heterocycles. The van der Waals surface area contributed by atoms with Crippen molar-refractivity contribution in [1.82, 2.24) is 10.3 Å². The molecular formula is C13H14BrN3OS. The Morgan fingerprint density at radius 1 is 1.47 bits per heavy atom. The lowest BCUT2D eigenvalue weighted by Gasteiger charge is -2.06. The average Bonchev–Trinajstić information content (AvgIpc) is 2.75. The maximum Gasteiger partial charge on any atom is 0.238 e. The number of aryl methyl sites for hydroxylation is 1. The number of amides is 1. The Bertz CT molecular complexity index is 571. The normalized spacial score (nSPS) is 10.4. The molecule has 0 saturated carbocycles. The van der Waals surface area contributed by atoms with Crippen LogP contribution in [-0.4, -0.2) is 17.4 Å². The first-order chi connectivity index (χ1) is 9.13. The van der Waals surface area contributed by atoms with E-state index >= 15 is 0 Å². The van der Waals surface area contributed by atoms with Gasteiger partial charge in [-0.1, -0.05) is 22.0 Å². The van der Waals surface area contributed by atoms with Gasteiger partial charge in [-0.25, -0.2) is 4.98 Å². The second-order valence-corrected chi connectivity index (χ2v) is 6.24. The predicted molar refractivity (Wildman–Crippen MR) is 81.3 cm³/mol. The van der Waals surface area contributed by atoms with E-state index in [1.54, 1.807) is 11.3 Å². The molecule has 2 rings (SSSR count). The van der Waals surface area contributed by atoms with Gasteiger partial charge in [0, 0.05) is 27.8 Å². The molecular weight excluding hydrogens is 326 g/mol. The Balaban J connectivity index is 1.76. The van der Waals surface area contributed by atoms with Crippen molar-refractivity contribution >= 4 is 38.9 Å². The summed E-state index contributed by atoms with van der Waals surface area (Å²) >= 11 is 5.00. The van der Waals surface area contributed by atoms with Gasteiger partial charge in [0.2, 0.25) is 5.91 Å². The summed E-state index contributed by atoms with van der Waals surface area (Å²) in [5, 5.41) is 6.96. The third kappa shape index (κ3) is 4.74. The van der Waals surface area contributed by atoms with Gasteiger partial charge < -0.3 is 10.6 Å². The molecule has 0 aliphatic rings. The van der Waals surface area contributed by atoms with Crippen LogP contribution in [0.3, 0.4) is 0 Å². The zero-order chi connectivity index (χ0) is 13.7. The molecule has 2 N–H and O–H groups in total. The molecule has 2 aromatic rings. The zero-order valence-corrected chi connectivity index (χ0v) is 12.8. The second-order valence-electron chi connectivity index (χ2n) is 4.01. The molecule has 1 aromatic heterocycles. The van der Waals surface area contributed by atoms with Gasteiger partial charge in [0.05, 0.1) is 11.6 Å². The van der Waals surface area contributed by atoms with Crippen LogP contribution >= 0.6 is 27.3 Å². The molecule has 1 aromatic carbocycles. The van der Waals surface area contributed by atoms with E-state index in [1.807, 2.05) is 37.4 Å². The Kier molecular flexibility index (Phi) is 5.07. The summed E-state index contributed by atoms with van der Waals surface area (Å²) in [6.07, 6.45) is 1.83. The van der Waals surface area contributed by atoms with Crippen LogP contribution in [0.5, 0.6) is 0 Å². The minimum atomic E-state index is -0.0562. The lowest BCUT2D eigenvalue weighted by atomic mass is 10.3. The van der Waals surface area contributed by atoms with Crippen molar-refractivity contribution in [2.75, 3.05) is 11.9 Å². The van der Waals surface area contributed by atoms with Gasteiger partial charge in [0.1, 0.15) is 0 Å². The van der Waals surface area contributed by atoms with Gasteiger partial charge in [-0.15, -0.1) is 11.3 Å². The summed E-state index contributed by atoms with van der Waals surface area (Å²) in [5.41, 5.74) is 0.787. The SMILES string of the molecule is Cc1ncc(CNCC(=O)Nc2cccc(Br)c2)s1. The molecule has 0 radical (unpaired) electrons. The van der Waals surface area contributed by atoms with E-state index in [9.17, 15) is 4.79 Å². The van der Waals surface area contributed by atoms with Crippen molar-refractivity contribution in [3.8, 4) is 0 Å². The van der Waals surface area contributed by atoms with Gasteiger partial charge in [-0.3, -0.25) is 4.79 Å². The summed E-state index contributed by atoms with van der Waals surface area (Å²) < 4.78 is 0.943. The van der Waals surface area contributed by atoms with Gasteiger partial charge in [-0.2, -0.15) is 0 Å². The summed E-state index contributed by atoms with van der Waals surface area (Å²) in [6, 6.07) is 7.52. The number of carbonyl (C=O) groups is 1. The highest BCUT2D eigenvalue weighted by atomic mass is 79.9. The van der Waals surface area contributed by atoms with Crippen molar-refractivity contribution in [3.63, 3.8) is 0 Å². The number of halogens is 1. The number of hydrogen-bond donors (Lipinski definition) is 2. The molecule has 0 bridgehead atoms. The molecule has 1 heterocycles. The van der Waals surface area contributed by atoms with Gasteiger partial charge in [0.15, 0.2) is 0 Å². The summed E-state index contributed by atoms with van der Waals surface area (Å²) in [5.74, 6) is -0.0562. The number of nitrogens with zero attached hydrogens (tertiary/aromatic N) is 1. The number of anilines is 1. The second kappa shape index (κ2) is 6.79. The van der Waals surface area contributed by atoms with Gasteiger partial charge >= 0.3 is 0 Å². The third-order valence-electron chi connectivity index (χ3n) is 2.36. The molecule has 0 fully saturated rings. The van der Waals surface area contributed by atoms with E-state index in [1.165, 1.54) is 0 Å². The van der Waals surface area contributed by atoms with Crippen LogP contribution in [0.25, 0.3) is 0 Å². The molecule has 0 atom stereocenters. The molecule has 0 unspecified atom stereocenters. The molecule has 19 heavy (non-hydrogen) atoms. The summed E-state index contributed by atoms with van der Waals surface area (Å²) in [7, 11) is 0. The Hall–Kier alpha value is -1.24. The summed E-state index contributed by atoms with van der Waals surface area (Å²) in [6.45, 7) is 2.91. The topological polar surface area (TPSA) is 54.0 Å². The lowest BCUT2D eigenvalue weighted by molar-refractivity contribution is -0.115. The maximum atomic E-state index is 11.7. The quantitative estimate of drug-likeness (QED) is 0.880. The fraction of sp³-hybridized carbons (Fsp3) is 0.231. The monoisotopic (exact) mass is 339 g/mol. The fourth-order valence-electron chi connectivity index (χ4n) is 1.56. The molecule has 6 heteroatoms. The molecule has 100 valence electrons. The van der Waals surface area contributed by atoms with E-state index in [-0.39, 0.29) is 12.5 Å². The van der Waals surface area contributed by atoms with Crippen molar-refractivity contribution < 1.29 is 4.79 Å². The van der Waals surface area contributed by atoms with E-state index < -0.39 is 0 Å². The first-order valence-electron chi connectivity index (χ1n) is 5.81. The molecule has 1 amide bonds. The molecule has 0 spiro atoms. The van der Waals surface area contributed by atoms with E-state index in [0.29, 0.717) is 6.54 Å². The van der Waals surface area contributed by atoms with Crippen molar-refractivity contribution in [2.24, 2.45) is 0 Å². The van der Waals surface area contributed by atoms with Gasteiger partial charge in [0.25, 0.3) is 0 Å².